The van der Waals surface area contributed by atoms with Gasteiger partial charge in [0.15, 0.2) is 12.2 Å². The molecule has 2 rings (SSSR count). The normalized spacial score (nSPS) is 11.4. The minimum atomic E-state index is -5.05. The van der Waals surface area contributed by atoms with Crippen LogP contribution >= 0.6 is 27.0 Å². The molecule has 0 atom stereocenters. The van der Waals surface area contributed by atoms with Crippen LogP contribution in [0.15, 0.2) is 16.5 Å². The third-order valence-corrected chi connectivity index (χ3v) is 5.89. The molecule has 2 heterocycles. The molecule has 0 aliphatic rings. The van der Waals surface area contributed by atoms with Crippen LogP contribution in [0.3, 0.4) is 0 Å². The molecule has 0 bridgehead atoms. The van der Waals surface area contributed by atoms with Gasteiger partial charge in [-0.25, -0.2) is 14.1 Å². The molecule has 160 valence electrons. The molecule has 0 aliphatic heterocycles. The number of thiazole rings is 1. The number of H-pyrrole nitrogens is 1. The summed E-state index contributed by atoms with van der Waals surface area (Å²) in [7, 11) is -10.1. The summed E-state index contributed by atoms with van der Waals surface area (Å²) < 4.78 is 24.2. The number of hydrogen-bond donors (Lipinski definition) is 6. The maximum absolute atomic E-state index is 11.7. The number of nitrogens with zero attached hydrogens (tertiary/aromatic N) is 2. The van der Waals surface area contributed by atoms with E-state index in [0.29, 0.717) is 24.4 Å². The molecule has 2 aromatic heterocycles. The zero-order chi connectivity index (χ0) is 20.8. The van der Waals surface area contributed by atoms with Gasteiger partial charge in [-0.1, -0.05) is 11.3 Å². The lowest BCUT2D eigenvalue weighted by Crippen LogP contribution is -3.00. The molecule has 0 unspecified atom stereocenters. The summed E-state index contributed by atoms with van der Waals surface area (Å²) in [4.78, 5) is 50.7. The molecule has 0 aromatic carbocycles. The van der Waals surface area contributed by atoms with Crippen molar-refractivity contribution in [1.29, 1.82) is 0 Å². The summed E-state index contributed by atoms with van der Waals surface area (Å²) in [6.45, 7) is 4.41. The van der Waals surface area contributed by atoms with Crippen LogP contribution in [0, 0.1) is 13.8 Å². The maximum Gasteiger partial charge on any atom is 0.478 e. The molecule has 28 heavy (non-hydrogen) atoms. The first-order valence-electron chi connectivity index (χ1n) is 7.27. The zero-order valence-electron chi connectivity index (χ0n) is 14.7. The van der Waals surface area contributed by atoms with E-state index in [-0.39, 0.29) is 24.6 Å². The standard InChI is InChI=1S/C12H15N3O2S.ClH.H4O7P2/c1-8-11(3-4-16)18-7-15(8)6-10-5-13-9(2)14-12(10)17;;1-8(2,3)7-9(4,5)6/h5,7,16H,3-4,6H2,1-2H3;1H;(H2,1,2,3)(H2,4,5,6). The zero-order valence-corrected chi connectivity index (χ0v) is 18.1. The minimum absolute atomic E-state index is 0. The highest BCUT2D eigenvalue weighted by Crippen LogP contribution is 2.53. The predicted molar refractivity (Wildman–Crippen MR) is 93.9 cm³/mol. The van der Waals surface area contributed by atoms with E-state index in [2.05, 4.69) is 14.3 Å². The predicted octanol–water partition coefficient (Wildman–Crippen LogP) is -3.49. The summed E-state index contributed by atoms with van der Waals surface area (Å²) in [5.74, 6) is 0.622. The first kappa shape index (κ1) is 27.0. The molecule has 0 fully saturated rings. The van der Waals surface area contributed by atoms with Crippen molar-refractivity contribution in [2.24, 2.45) is 0 Å². The second kappa shape index (κ2) is 11.3. The van der Waals surface area contributed by atoms with Gasteiger partial charge in [-0.3, -0.25) is 4.79 Å². The molecule has 0 saturated carbocycles. The van der Waals surface area contributed by atoms with Gasteiger partial charge in [0.25, 0.3) is 5.56 Å². The van der Waals surface area contributed by atoms with Crippen LogP contribution in [0.4, 0.5) is 0 Å². The van der Waals surface area contributed by atoms with Crippen molar-refractivity contribution in [3.63, 3.8) is 0 Å². The molecule has 12 nitrogen and oxygen atoms in total. The Hall–Kier alpha value is -0.980. The van der Waals surface area contributed by atoms with E-state index in [9.17, 15) is 13.9 Å². The van der Waals surface area contributed by atoms with E-state index >= 15 is 0 Å². The molecular formula is C12H20ClN3O9P2S. The van der Waals surface area contributed by atoms with Crippen LogP contribution in [0.1, 0.15) is 22.0 Å². The third-order valence-electron chi connectivity index (χ3n) is 3.05. The lowest BCUT2D eigenvalue weighted by atomic mass is 10.3. The van der Waals surface area contributed by atoms with Crippen LogP contribution < -0.4 is 22.5 Å². The lowest BCUT2D eigenvalue weighted by Gasteiger charge is -2.03. The number of aromatic nitrogens is 3. The van der Waals surface area contributed by atoms with Gasteiger partial charge in [-0.2, -0.15) is 8.88 Å². The van der Waals surface area contributed by atoms with Crippen molar-refractivity contribution >= 4 is 27.0 Å². The average Bonchev–Trinajstić information content (AvgIpc) is 2.80. The van der Waals surface area contributed by atoms with Crippen LogP contribution in [0.2, 0.25) is 0 Å². The number of phosphoric acid groups is 2. The Bertz CT molecular complexity index is 903. The van der Waals surface area contributed by atoms with E-state index in [4.69, 9.17) is 24.7 Å². The van der Waals surface area contributed by atoms with E-state index in [1.54, 1.807) is 24.5 Å². The molecule has 0 saturated heterocycles. The molecule has 16 heteroatoms. The smallest absolute Gasteiger partial charge is 0.478 e. The van der Waals surface area contributed by atoms with Crippen LogP contribution in [0.5, 0.6) is 0 Å². The Morgan fingerprint density at radius 3 is 2.21 bits per heavy atom. The Morgan fingerprint density at radius 2 is 1.79 bits per heavy atom. The summed E-state index contributed by atoms with van der Waals surface area (Å²) in [5, 5.41) is 8.95. The van der Waals surface area contributed by atoms with Gasteiger partial charge in [-0.15, -0.1) is 0 Å². The highest BCUT2D eigenvalue weighted by atomic mass is 35.5. The number of rotatable bonds is 6. The molecular weight excluding hydrogens is 460 g/mol. The number of aryl methyl sites for hydroxylation is 1. The number of aliphatic hydroxyl groups is 1. The quantitative estimate of drug-likeness (QED) is 0.179. The van der Waals surface area contributed by atoms with Crippen molar-refractivity contribution in [3.05, 3.63) is 44.0 Å². The first-order valence-corrected chi connectivity index (χ1v) is 11.2. The molecule has 0 aliphatic carbocycles. The van der Waals surface area contributed by atoms with Crippen molar-refractivity contribution in [2.45, 2.75) is 26.8 Å². The summed E-state index contributed by atoms with van der Waals surface area (Å²) in [6, 6.07) is 0. The van der Waals surface area contributed by atoms with E-state index in [1.165, 1.54) is 0 Å². The van der Waals surface area contributed by atoms with Crippen LogP contribution in [-0.2, 0) is 26.4 Å². The number of aliphatic hydroxyl groups excluding tert-OH is 1. The SMILES string of the molecule is Cc1ncc(C[n+]2csc(CCO)c2C)c(=O)[nH]1.O=P(O)(O)OP(=O)(O)O.[Cl-]. The second-order valence-electron chi connectivity index (χ2n) is 5.22. The van der Waals surface area contributed by atoms with Gasteiger partial charge in [0, 0.05) is 26.1 Å². The Labute approximate surface area is 169 Å². The molecule has 0 amide bonds. The van der Waals surface area contributed by atoms with Gasteiger partial charge in [0.1, 0.15) is 11.4 Å². The fraction of sp³-hybridized carbons (Fsp3) is 0.417. The Kier molecular flexibility index (Phi) is 10.9. The van der Waals surface area contributed by atoms with Gasteiger partial charge in [-0.05, 0) is 6.92 Å². The highest BCUT2D eigenvalue weighted by Gasteiger charge is 2.28. The Morgan fingerprint density at radius 1 is 1.21 bits per heavy atom. The fourth-order valence-corrected chi connectivity index (χ4v) is 3.99. The van der Waals surface area contributed by atoms with Crippen molar-refractivity contribution in [3.8, 4) is 0 Å². The summed E-state index contributed by atoms with van der Waals surface area (Å²) >= 11 is 1.60. The average molecular weight is 480 g/mol. The van der Waals surface area contributed by atoms with Gasteiger partial charge in [0.05, 0.1) is 4.88 Å². The van der Waals surface area contributed by atoms with Gasteiger partial charge >= 0.3 is 15.6 Å². The lowest BCUT2D eigenvalue weighted by molar-refractivity contribution is -0.689. The number of hydrogen-bond acceptors (Lipinski definition) is 7. The minimum Gasteiger partial charge on any atom is -1.00 e. The van der Waals surface area contributed by atoms with Crippen molar-refractivity contribution in [1.82, 2.24) is 9.97 Å². The monoisotopic (exact) mass is 479 g/mol. The first-order chi connectivity index (χ1) is 12.3. The number of halogens is 1. The topological polar surface area (TPSA) is 194 Å². The van der Waals surface area contributed by atoms with Crippen LogP contribution in [0.25, 0.3) is 0 Å². The molecule has 0 spiro atoms. The largest absolute Gasteiger partial charge is 1.00 e. The third kappa shape index (κ3) is 9.99. The van der Waals surface area contributed by atoms with Crippen LogP contribution in [-0.4, -0.2) is 41.3 Å². The van der Waals surface area contributed by atoms with Gasteiger partial charge < -0.3 is 42.1 Å². The van der Waals surface area contributed by atoms with E-state index in [0.717, 1.165) is 10.6 Å². The maximum atomic E-state index is 11.7. The van der Waals surface area contributed by atoms with Gasteiger partial charge in [0.2, 0.25) is 5.51 Å². The van der Waals surface area contributed by atoms with Crippen molar-refractivity contribution < 1.29 is 55.1 Å². The second-order valence-corrected chi connectivity index (χ2v) is 8.77. The molecule has 0 radical (unpaired) electrons. The summed E-state index contributed by atoms with van der Waals surface area (Å²) in [5.41, 5.74) is 3.61. The van der Waals surface area contributed by atoms with E-state index < -0.39 is 15.6 Å². The molecule has 6 N–H and O–H groups in total. The summed E-state index contributed by atoms with van der Waals surface area (Å²) in [6.07, 6.45) is 2.27. The Balaban J connectivity index is 0.000000627. The fourth-order valence-electron chi connectivity index (χ4n) is 1.89. The highest BCUT2D eigenvalue weighted by molar-refractivity contribution is 7.60. The van der Waals surface area contributed by atoms with E-state index in [1.807, 2.05) is 17.0 Å². The number of aromatic amines is 1. The van der Waals surface area contributed by atoms with Crippen molar-refractivity contribution in [2.75, 3.05) is 6.61 Å². The number of nitrogens with one attached hydrogen (secondary N) is 1. The molecule has 2 aromatic rings.